The molecule has 3 aromatic heterocycles. The monoisotopic (exact) mass is 533 g/mol. The van der Waals surface area contributed by atoms with E-state index in [2.05, 4.69) is 10.1 Å². The molecule has 0 saturated carbocycles. The van der Waals surface area contributed by atoms with Crippen LogP contribution in [0.3, 0.4) is 0 Å². The van der Waals surface area contributed by atoms with Gasteiger partial charge < -0.3 is 8.83 Å². The van der Waals surface area contributed by atoms with E-state index in [1.54, 1.807) is 72.8 Å². The summed E-state index contributed by atoms with van der Waals surface area (Å²) >= 11 is 18.3. The van der Waals surface area contributed by atoms with Gasteiger partial charge in [0.1, 0.15) is 17.1 Å². The van der Waals surface area contributed by atoms with E-state index in [0.29, 0.717) is 48.8 Å². The number of rotatable bonds is 4. The molecule has 0 radical (unpaired) electrons. The first-order chi connectivity index (χ1) is 17.5. The summed E-state index contributed by atoms with van der Waals surface area (Å²) in [7, 11) is 0. The molecule has 0 aliphatic heterocycles. The summed E-state index contributed by atoms with van der Waals surface area (Å²) in [6.07, 6.45) is 1.45. The maximum absolute atomic E-state index is 13.4. The van der Waals surface area contributed by atoms with Gasteiger partial charge in [0, 0.05) is 16.0 Å². The fourth-order valence-electron chi connectivity index (χ4n) is 3.86. The number of aromatic nitrogens is 2. The lowest BCUT2D eigenvalue weighted by Crippen LogP contribution is -2.20. The molecule has 0 amide bonds. The van der Waals surface area contributed by atoms with Gasteiger partial charge in [0.25, 0.3) is 5.56 Å². The quantitative estimate of drug-likeness (QED) is 0.215. The molecule has 0 saturated heterocycles. The van der Waals surface area contributed by atoms with Gasteiger partial charge in [-0.05, 0) is 66.7 Å². The summed E-state index contributed by atoms with van der Waals surface area (Å²) in [5, 5.41) is 7.08. The minimum absolute atomic E-state index is 0.249. The van der Waals surface area contributed by atoms with Crippen LogP contribution in [0.25, 0.3) is 44.8 Å². The average Bonchev–Trinajstić information content (AvgIpc) is 3.52. The van der Waals surface area contributed by atoms with Crippen molar-refractivity contribution in [3.8, 4) is 22.9 Å². The highest BCUT2D eigenvalue weighted by molar-refractivity contribution is 6.42. The van der Waals surface area contributed by atoms with Gasteiger partial charge in [0.05, 0.1) is 27.2 Å². The summed E-state index contributed by atoms with van der Waals surface area (Å²) in [6, 6.07) is 22.9. The molecule has 0 unspecified atom stereocenters. The molecule has 6 nitrogen and oxygen atoms in total. The van der Waals surface area contributed by atoms with E-state index in [1.165, 1.54) is 10.9 Å². The molecule has 36 heavy (non-hydrogen) atoms. The molecule has 3 heterocycles. The normalized spacial score (nSPS) is 11.8. The molecule has 0 bridgehead atoms. The second kappa shape index (κ2) is 8.99. The lowest BCUT2D eigenvalue weighted by atomic mass is 10.2. The highest BCUT2D eigenvalue weighted by Crippen LogP contribution is 2.30. The lowest BCUT2D eigenvalue weighted by molar-refractivity contribution is 0.573. The Labute approximate surface area is 219 Å². The van der Waals surface area contributed by atoms with E-state index in [9.17, 15) is 4.79 Å². The molecule has 6 aromatic rings. The van der Waals surface area contributed by atoms with Gasteiger partial charge in [-0.2, -0.15) is 9.78 Å². The Balaban J connectivity index is 1.46. The minimum Gasteiger partial charge on any atom is -0.455 e. The second-order valence-electron chi connectivity index (χ2n) is 7.94. The van der Waals surface area contributed by atoms with Crippen molar-refractivity contribution in [1.29, 1.82) is 0 Å². The van der Waals surface area contributed by atoms with Crippen molar-refractivity contribution in [2.45, 2.75) is 0 Å². The summed E-state index contributed by atoms with van der Waals surface area (Å²) in [5.41, 5.74) is 1.56. The van der Waals surface area contributed by atoms with E-state index in [-0.39, 0.29) is 11.4 Å². The summed E-state index contributed by atoms with van der Waals surface area (Å²) < 4.78 is 13.1. The summed E-state index contributed by atoms with van der Waals surface area (Å²) in [6.45, 7) is 0. The van der Waals surface area contributed by atoms with Crippen molar-refractivity contribution in [2.75, 3.05) is 0 Å². The number of nitrogens with zero attached hydrogens (tertiary/aromatic N) is 3. The predicted octanol–water partition coefficient (Wildman–Crippen LogP) is 7.91. The predicted molar refractivity (Wildman–Crippen MR) is 143 cm³/mol. The molecule has 9 heteroatoms. The summed E-state index contributed by atoms with van der Waals surface area (Å²) in [4.78, 5) is 18.1. The van der Waals surface area contributed by atoms with Crippen molar-refractivity contribution in [3.63, 3.8) is 0 Å². The molecule has 6 rings (SSSR count). The van der Waals surface area contributed by atoms with Crippen LogP contribution in [0.15, 0.2) is 97.6 Å². The average molecular weight is 535 g/mol. The molecule has 176 valence electrons. The van der Waals surface area contributed by atoms with Crippen LogP contribution in [0.4, 0.5) is 0 Å². The number of furan rings is 2. The van der Waals surface area contributed by atoms with E-state index in [0.717, 1.165) is 10.9 Å². The van der Waals surface area contributed by atoms with Gasteiger partial charge in [-0.15, -0.1) is 0 Å². The smallest absolute Gasteiger partial charge is 0.282 e. The maximum Gasteiger partial charge on any atom is 0.282 e. The molecule has 0 fully saturated rings. The first-order valence-corrected chi connectivity index (χ1v) is 11.9. The molecule has 0 N–H and O–H groups in total. The van der Waals surface area contributed by atoms with Gasteiger partial charge in [0.2, 0.25) is 5.82 Å². The Hall–Kier alpha value is -3.84. The van der Waals surface area contributed by atoms with Crippen LogP contribution in [0.5, 0.6) is 0 Å². The van der Waals surface area contributed by atoms with Gasteiger partial charge in [-0.3, -0.25) is 4.79 Å². The number of halogens is 3. The third kappa shape index (κ3) is 4.09. The molecule has 3 aromatic carbocycles. The maximum atomic E-state index is 13.4. The number of fused-ring (bicyclic) bond motifs is 2. The largest absolute Gasteiger partial charge is 0.455 e. The molecule has 0 spiro atoms. The molecular formula is C27H14Cl3N3O3. The van der Waals surface area contributed by atoms with Crippen molar-refractivity contribution in [1.82, 2.24) is 9.66 Å². The van der Waals surface area contributed by atoms with Gasteiger partial charge in [-0.25, -0.2) is 4.98 Å². The fraction of sp³-hybridized carbons (Fsp3) is 0. The Morgan fingerprint density at radius 1 is 0.833 bits per heavy atom. The summed E-state index contributed by atoms with van der Waals surface area (Å²) in [5.74, 6) is 1.63. The third-order valence-electron chi connectivity index (χ3n) is 5.58. The van der Waals surface area contributed by atoms with E-state index in [1.807, 2.05) is 6.07 Å². The highest BCUT2D eigenvalue weighted by atomic mass is 35.5. The van der Waals surface area contributed by atoms with Gasteiger partial charge in [-0.1, -0.05) is 46.9 Å². The minimum atomic E-state index is -0.346. The van der Waals surface area contributed by atoms with Gasteiger partial charge >= 0.3 is 0 Å². The number of hydrogen-bond donors (Lipinski definition) is 0. The van der Waals surface area contributed by atoms with Crippen molar-refractivity contribution in [2.24, 2.45) is 5.10 Å². The Bertz CT molecular complexity index is 1870. The first-order valence-electron chi connectivity index (χ1n) is 10.8. The van der Waals surface area contributed by atoms with Crippen molar-refractivity contribution < 1.29 is 8.83 Å². The SMILES string of the molecule is O=c1c2ccccc2nc(-c2cc3cc(Cl)ccc3o2)n1N=Cc1ccc(-c2ccc(Cl)c(Cl)c2)o1. The lowest BCUT2D eigenvalue weighted by Gasteiger charge is -2.06. The van der Waals surface area contributed by atoms with Crippen LogP contribution in [0.2, 0.25) is 15.1 Å². The van der Waals surface area contributed by atoms with Crippen LogP contribution in [-0.4, -0.2) is 15.9 Å². The highest BCUT2D eigenvalue weighted by Gasteiger charge is 2.17. The molecule has 0 atom stereocenters. The molecular weight excluding hydrogens is 521 g/mol. The number of hydrogen-bond acceptors (Lipinski definition) is 5. The number of benzene rings is 3. The third-order valence-corrected chi connectivity index (χ3v) is 6.56. The Kier molecular flexibility index (Phi) is 5.64. The Morgan fingerprint density at radius 3 is 2.56 bits per heavy atom. The van der Waals surface area contributed by atoms with E-state index in [4.69, 9.17) is 43.6 Å². The van der Waals surface area contributed by atoms with Crippen molar-refractivity contribution >= 4 is 62.9 Å². The van der Waals surface area contributed by atoms with Crippen LogP contribution < -0.4 is 5.56 Å². The van der Waals surface area contributed by atoms with Gasteiger partial charge in [0.15, 0.2) is 5.76 Å². The molecule has 0 aliphatic rings. The van der Waals surface area contributed by atoms with E-state index < -0.39 is 0 Å². The molecule has 0 aliphatic carbocycles. The number of para-hydroxylation sites is 1. The fourth-order valence-corrected chi connectivity index (χ4v) is 4.33. The zero-order valence-corrected chi connectivity index (χ0v) is 20.6. The zero-order chi connectivity index (χ0) is 24.8. The van der Waals surface area contributed by atoms with Crippen LogP contribution in [-0.2, 0) is 0 Å². The van der Waals surface area contributed by atoms with Crippen LogP contribution >= 0.6 is 34.8 Å². The Morgan fingerprint density at radius 2 is 1.69 bits per heavy atom. The van der Waals surface area contributed by atoms with Crippen molar-refractivity contribution in [3.05, 3.63) is 110 Å². The van der Waals surface area contributed by atoms with Crippen LogP contribution in [0.1, 0.15) is 5.76 Å². The zero-order valence-electron chi connectivity index (χ0n) is 18.3. The first kappa shape index (κ1) is 22.6. The topological polar surface area (TPSA) is 73.5 Å². The van der Waals surface area contributed by atoms with E-state index >= 15 is 0 Å². The standard InChI is InChI=1S/C27H14Cl3N3O3/c28-17-6-9-24-16(11-17)13-25(36-24)26-32-22-4-2-1-3-19(22)27(34)33(26)31-14-18-7-10-23(35-18)15-5-8-20(29)21(30)12-15/h1-14H. The van der Waals surface area contributed by atoms with Crippen LogP contribution in [0, 0.1) is 0 Å². The second-order valence-corrected chi connectivity index (χ2v) is 9.19.